The molecule has 0 radical (unpaired) electrons. The SMILES string of the molecule is CC[C@H]1OC(=O)[C@H](C)C(=O)[C@H](C)[C@@H](O[C@@H]2O[C@H](C)C[C@H](N(C)C)[C@H]2O)[C@](C)(O/C([O-])=N/[n+]2ccc(-c3ccccc3)cc2)C[C@@H](C)C(=O)[C@H](C)[C@H]2NC(=O)O[C@@]21C. The first-order valence-corrected chi connectivity index (χ1v) is 19.7. The molecule has 0 saturated carbocycles. The molecule has 57 heavy (non-hydrogen) atoms. The van der Waals surface area contributed by atoms with Gasteiger partial charge in [-0.15, -0.1) is 0 Å². The number of likely N-dealkylation sites (N-methyl/N-ethyl adjacent to an activating group) is 1. The van der Waals surface area contributed by atoms with Crippen molar-refractivity contribution in [1.82, 2.24) is 10.2 Å². The standard InChI is InChI=1S/C42H58N4O11/c1-11-31-42(8)35(43-39(51)57-42)25(4)32(47)23(2)22-41(7,56-40(52)44-46-19-17-29(18-20-46)28-15-13-12-14-16-28)36(26(5)33(48)27(6)37(50)54-31)55-38-34(49)30(45(9)10)21-24(3)53-38/h12-20,23-27,30-31,34-36,38,49H,11,21-22H2,1-10H3,(H-,43,44,51,52)/t23-,24-,25+,26+,27-,30+,31-,34-,35-,36-,38+,41-,42-/m1/s1. The molecule has 4 heterocycles. The molecule has 2 N–H and O–H groups in total. The van der Waals surface area contributed by atoms with E-state index in [1.54, 1.807) is 59.1 Å². The predicted molar refractivity (Wildman–Crippen MR) is 205 cm³/mol. The number of fused-ring (bicyclic) bond motifs is 1. The van der Waals surface area contributed by atoms with Crippen molar-refractivity contribution in [3.05, 3.63) is 54.9 Å². The lowest BCUT2D eigenvalue weighted by atomic mass is 9.73. The molecule has 13 atom stereocenters. The Bertz CT molecular complexity index is 1790. The molecule has 3 aliphatic rings. The number of aliphatic hydroxyl groups is 1. The van der Waals surface area contributed by atoms with E-state index in [9.17, 15) is 29.4 Å². The Morgan fingerprint density at radius 2 is 1.61 bits per heavy atom. The first-order chi connectivity index (χ1) is 26.8. The van der Waals surface area contributed by atoms with E-state index in [4.69, 9.17) is 23.7 Å². The largest absolute Gasteiger partial charge is 0.587 e. The fourth-order valence-corrected chi connectivity index (χ4v) is 8.71. The molecule has 0 unspecified atom stereocenters. The summed E-state index contributed by atoms with van der Waals surface area (Å²) in [6.45, 7) is 13.0. The summed E-state index contributed by atoms with van der Waals surface area (Å²) in [5, 5.41) is 32.4. The van der Waals surface area contributed by atoms with Crippen molar-refractivity contribution in [3.8, 4) is 11.1 Å². The Labute approximate surface area is 334 Å². The lowest BCUT2D eigenvalue weighted by Gasteiger charge is -2.50. The topological polar surface area (TPSA) is 189 Å². The lowest BCUT2D eigenvalue weighted by Crippen LogP contribution is -2.61. The van der Waals surface area contributed by atoms with E-state index in [0.29, 0.717) is 6.42 Å². The number of carbonyl (C=O) groups is 4. The minimum absolute atomic E-state index is 0.179. The van der Waals surface area contributed by atoms with Crippen molar-refractivity contribution in [2.45, 2.75) is 129 Å². The van der Waals surface area contributed by atoms with Gasteiger partial charge in [-0.2, -0.15) is 0 Å². The molecule has 1 aromatic heterocycles. The van der Waals surface area contributed by atoms with Gasteiger partial charge in [0.15, 0.2) is 17.7 Å². The minimum atomic E-state index is -1.80. The summed E-state index contributed by atoms with van der Waals surface area (Å²) in [7, 11) is 3.64. The smallest absolute Gasteiger partial charge is 0.408 e. The monoisotopic (exact) mass is 794 g/mol. The molecule has 2 aromatic rings. The van der Waals surface area contributed by atoms with Crippen LogP contribution in [-0.4, -0.2) is 108 Å². The van der Waals surface area contributed by atoms with Crippen LogP contribution in [0, 0.1) is 23.7 Å². The Morgan fingerprint density at radius 1 is 0.982 bits per heavy atom. The van der Waals surface area contributed by atoms with Crippen LogP contribution >= 0.6 is 0 Å². The molecule has 15 nitrogen and oxygen atoms in total. The van der Waals surface area contributed by atoms with Gasteiger partial charge in [0.05, 0.1) is 18.2 Å². The molecule has 3 aliphatic heterocycles. The quantitative estimate of drug-likeness (QED) is 0.137. The van der Waals surface area contributed by atoms with Crippen LogP contribution in [0.5, 0.6) is 0 Å². The highest BCUT2D eigenvalue weighted by Gasteiger charge is 2.57. The van der Waals surface area contributed by atoms with Crippen molar-refractivity contribution >= 4 is 29.7 Å². The van der Waals surface area contributed by atoms with E-state index < -0.39 is 89.4 Å². The number of nitrogens with zero attached hydrogens (tertiary/aromatic N) is 3. The zero-order chi connectivity index (χ0) is 42.0. The fraction of sp³-hybridized carbons (Fsp3) is 0.619. The zero-order valence-electron chi connectivity index (χ0n) is 34.5. The van der Waals surface area contributed by atoms with Gasteiger partial charge in [-0.3, -0.25) is 14.4 Å². The van der Waals surface area contributed by atoms with Gasteiger partial charge < -0.3 is 44.1 Å². The third-order valence-corrected chi connectivity index (χ3v) is 11.9. The molecular weight excluding hydrogens is 736 g/mol. The van der Waals surface area contributed by atoms with Gasteiger partial charge in [0, 0.05) is 46.6 Å². The third-order valence-electron chi connectivity index (χ3n) is 11.9. The van der Waals surface area contributed by atoms with Crippen molar-refractivity contribution in [2.75, 3.05) is 14.1 Å². The number of hydrogen-bond acceptors (Lipinski definition) is 13. The number of amides is 1. The highest BCUT2D eigenvalue weighted by molar-refractivity contribution is 6.00. The number of ketones is 2. The van der Waals surface area contributed by atoms with Crippen molar-refractivity contribution in [1.29, 1.82) is 0 Å². The molecule has 0 spiro atoms. The highest BCUT2D eigenvalue weighted by Crippen LogP contribution is 2.40. The second kappa shape index (κ2) is 17.6. The molecule has 3 saturated heterocycles. The number of aliphatic hydroxyl groups excluding tert-OH is 1. The van der Waals surface area contributed by atoms with Gasteiger partial charge in [0.1, 0.15) is 23.9 Å². The van der Waals surface area contributed by atoms with Crippen LogP contribution in [0.2, 0.25) is 0 Å². The molecule has 312 valence electrons. The third kappa shape index (κ3) is 9.32. The Kier molecular flexibility index (Phi) is 13.5. The van der Waals surface area contributed by atoms with Crippen LogP contribution in [0.25, 0.3) is 11.1 Å². The maximum Gasteiger partial charge on any atom is 0.408 e. The molecule has 5 rings (SSSR count). The molecule has 1 amide bonds. The number of ether oxygens (including phenoxy) is 5. The molecule has 3 fully saturated rings. The van der Waals surface area contributed by atoms with Crippen molar-refractivity contribution in [3.63, 3.8) is 0 Å². The number of carbonyl (C=O) groups excluding carboxylic acids is 4. The number of Topliss-reactive ketones (excluding diaryl/α,β-unsaturated/α-hetero) is 2. The summed E-state index contributed by atoms with van der Waals surface area (Å²) >= 11 is 0. The maximum absolute atomic E-state index is 14.4. The average molecular weight is 795 g/mol. The van der Waals surface area contributed by atoms with E-state index in [1.165, 1.54) is 18.5 Å². The number of rotatable bonds is 7. The van der Waals surface area contributed by atoms with Crippen LogP contribution in [0.15, 0.2) is 60.0 Å². The van der Waals surface area contributed by atoms with Crippen LogP contribution in [0.1, 0.15) is 74.7 Å². The van der Waals surface area contributed by atoms with Gasteiger partial charge in [0.2, 0.25) is 18.5 Å². The summed E-state index contributed by atoms with van der Waals surface area (Å²) in [5.41, 5.74) is -1.39. The van der Waals surface area contributed by atoms with Crippen LogP contribution in [-0.2, 0) is 38.1 Å². The molecule has 0 aliphatic carbocycles. The Morgan fingerprint density at radius 3 is 2.23 bits per heavy atom. The van der Waals surface area contributed by atoms with Crippen LogP contribution < -0.4 is 15.1 Å². The fourth-order valence-electron chi connectivity index (χ4n) is 8.71. The Hall–Kier alpha value is -4.44. The van der Waals surface area contributed by atoms with Crippen molar-refractivity contribution < 1.29 is 57.8 Å². The summed E-state index contributed by atoms with van der Waals surface area (Å²) in [6.07, 6.45) is -3.34. The first kappa shape index (κ1) is 43.7. The van der Waals surface area contributed by atoms with Gasteiger partial charge in [0.25, 0.3) is 0 Å². The zero-order valence-corrected chi connectivity index (χ0v) is 34.5. The Balaban J connectivity index is 1.60. The summed E-state index contributed by atoms with van der Waals surface area (Å²) in [5.74, 6) is -6.06. The van der Waals surface area contributed by atoms with E-state index in [2.05, 4.69) is 10.4 Å². The van der Waals surface area contributed by atoms with E-state index in [0.717, 1.165) is 11.1 Å². The van der Waals surface area contributed by atoms with Crippen LogP contribution in [0.4, 0.5) is 4.79 Å². The number of pyridine rings is 1. The molecular formula is C42H58N4O11. The number of esters is 1. The second-order valence-corrected chi connectivity index (χ2v) is 16.5. The highest BCUT2D eigenvalue weighted by atomic mass is 16.7. The lowest BCUT2D eigenvalue weighted by molar-refractivity contribution is -0.683. The number of nitrogens with one attached hydrogen (secondary N) is 1. The average Bonchev–Trinajstić information content (AvgIpc) is 3.49. The van der Waals surface area contributed by atoms with Gasteiger partial charge in [-0.25, -0.2) is 4.79 Å². The number of aromatic nitrogens is 1. The number of alkyl carbamates (subject to hydrolysis) is 1. The molecule has 1 aromatic carbocycles. The van der Waals surface area contributed by atoms with E-state index in [1.807, 2.05) is 56.3 Å². The maximum atomic E-state index is 14.4. The number of cyclic esters (lactones) is 1. The van der Waals surface area contributed by atoms with E-state index in [-0.39, 0.29) is 30.8 Å². The molecule has 15 heteroatoms. The molecule has 0 bridgehead atoms. The predicted octanol–water partition coefficient (Wildman–Crippen LogP) is 2.98. The summed E-state index contributed by atoms with van der Waals surface area (Å²) in [6, 6.07) is 11.9. The van der Waals surface area contributed by atoms with Gasteiger partial charge in [-0.05, 0) is 72.2 Å². The second-order valence-electron chi connectivity index (χ2n) is 16.5. The summed E-state index contributed by atoms with van der Waals surface area (Å²) in [4.78, 5) is 57.3. The van der Waals surface area contributed by atoms with Gasteiger partial charge in [-0.1, -0.05) is 62.7 Å². The number of hydrogen-bond donors (Lipinski definition) is 2. The minimum Gasteiger partial charge on any atom is -0.587 e. The number of benzene rings is 1. The van der Waals surface area contributed by atoms with Crippen molar-refractivity contribution in [2.24, 2.45) is 28.8 Å². The summed E-state index contributed by atoms with van der Waals surface area (Å²) < 4.78 is 31.9. The van der Waals surface area contributed by atoms with Gasteiger partial charge >= 0.3 is 12.1 Å². The van der Waals surface area contributed by atoms with Crippen LogP contribution in [0.3, 0.4) is 0 Å². The normalized spacial score (nSPS) is 37.1. The van der Waals surface area contributed by atoms with E-state index >= 15 is 0 Å². The first-order valence-electron chi connectivity index (χ1n) is 19.7.